The summed E-state index contributed by atoms with van der Waals surface area (Å²) in [5, 5.41) is 0.501. The van der Waals surface area contributed by atoms with Gasteiger partial charge >= 0.3 is 0 Å². The lowest BCUT2D eigenvalue weighted by Crippen LogP contribution is -2.48. The number of carbonyl (C=O) groups is 3. The van der Waals surface area contributed by atoms with Crippen molar-refractivity contribution in [2.45, 2.75) is 25.3 Å². The Morgan fingerprint density at radius 1 is 1.17 bits per heavy atom. The SMILES string of the molecule is O=C(Cc1ccc(Cl)cc1)N1CCC(N2C(=O)CSC2=O)CC1. The van der Waals surface area contributed by atoms with E-state index in [2.05, 4.69) is 0 Å². The van der Waals surface area contributed by atoms with Crippen molar-refractivity contribution in [3.05, 3.63) is 34.9 Å². The molecule has 0 radical (unpaired) electrons. The quantitative estimate of drug-likeness (QED) is 0.839. The van der Waals surface area contributed by atoms with Gasteiger partial charge in [0.15, 0.2) is 0 Å². The van der Waals surface area contributed by atoms with Crippen LogP contribution in [0.2, 0.25) is 5.02 Å². The van der Waals surface area contributed by atoms with Crippen molar-refractivity contribution < 1.29 is 14.4 Å². The standard InChI is InChI=1S/C16H17ClN2O3S/c17-12-3-1-11(2-4-12)9-14(20)18-7-5-13(6-8-18)19-15(21)10-23-16(19)22/h1-4,13H,5-10H2. The van der Waals surface area contributed by atoms with Crippen LogP contribution in [-0.4, -0.2) is 51.7 Å². The Balaban J connectivity index is 1.54. The van der Waals surface area contributed by atoms with Gasteiger partial charge in [0.25, 0.3) is 5.24 Å². The van der Waals surface area contributed by atoms with Crippen LogP contribution in [0.1, 0.15) is 18.4 Å². The summed E-state index contributed by atoms with van der Waals surface area (Å²) < 4.78 is 0. The highest BCUT2D eigenvalue weighted by Gasteiger charge is 2.37. The van der Waals surface area contributed by atoms with Gasteiger partial charge in [-0.05, 0) is 30.5 Å². The van der Waals surface area contributed by atoms with Crippen LogP contribution < -0.4 is 0 Å². The van der Waals surface area contributed by atoms with Crippen LogP contribution in [0.4, 0.5) is 4.79 Å². The molecule has 122 valence electrons. The second kappa shape index (κ2) is 6.93. The number of benzene rings is 1. The summed E-state index contributed by atoms with van der Waals surface area (Å²) in [5.41, 5.74) is 0.933. The molecule has 2 saturated heterocycles. The highest BCUT2D eigenvalue weighted by molar-refractivity contribution is 8.14. The number of imide groups is 1. The average Bonchev–Trinajstić information content (AvgIpc) is 2.88. The number of nitrogens with zero attached hydrogens (tertiary/aromatic N) is 2. The zero-order valence-electron chi connectivity index (χ0n) is 12.5. The molecule has 7 heteroatoms. The van der Waals surface area contributed by atoms with Gasteiger partial charge in [-0.15, -0.1) is 0 Å². The summed E-state index contributed by atoms with van der Waals surface area (Å²) in [6.07, 6.45) is 1.66. The molecule has 2 aliphatic rings. The van der Waals surface area contributed by atoms with E-state index in [4.69, 9.17) is 11.6 Å². The minimum Gasteiger partial charge on any atom is -0.342 e. The molecule has 0 atom stereocenters. The van der Waals surface area contributed by atoms with Crippen molar-refractivity contribution in [1.82, 2.24) is 9.80 Å². The van der Waals surface area contributed by atoms with Crippen molar-refractivity contribution in [3.63, 3.8) is 0 Å². The second-order valence-corrected chi connectivity index (χ2v) is 7.10. The lowest BCUT2D eigenvalue weighted by atomic mass is 10.0. The van der Waals surface area contributed by atoms with E-state index < -0.39 is 0 Å². The van der Waals surface area contributed by atoms with E-state index in [1.807, 2.05) is 17.0 Å². The van der Waals surface area contributed by atoms with Crippen molar-refractivity contribution in [3.8, 4) is 0 Å². The minimum absolute atomic E-state index is 0.0652. The average molecular weight is 353 g/mol. The summed E-state index contributed by atoms with van der Waals surface area (Å²) in [6, 6.07) is 7.19. The van der Waals surface area contributed by atoms with Crippen LogP contribution in [0.5, 0.6) is 0 Å². The van der Waals surface area contributed by atoms with Gasteiger partial charge in [0.2, 0.25) is 11.8 Å². The van der Waals surface area contributed by atoms with E-state index in [-0.39, 0.29) is 28.8 Å². The molecule has 1 aromatic rings. The first kappa shape index (κ1) is 16.3. The van der Waals surface area contributed by atoms with E-state index >= 15 is 0 Å². The van der Waals surface area contributed by atoms with Gasteiger partial charge in [0, 0.05) is 24.2 Å². The number of halogens is 1. The fourth-order valence-electron chi connectivity index (χ4n) is 2.98. The molecular formula is C16H17ClN2O3S. The maximum atomic E-state index is 12.4. The maximum Gasteiger partial charge on any atom is 0.289 e. The number of hydrogen-bond acceptors (Lipinski definition) is 4. The predicted octanol–water partition coefficient (Wildman–Crippen LogP) is 2.57. The normalized spacial score (nSPS) is 19.5. The minimum atomic E-state index is -0.152. The Bertz CT molecular complexity index is 611. The molecule has 2 aliphatic heterocycles. The van der Waals surface area contributed by atoms with Crippen molar-refractivity contribution in [2.75, 3.05) is 18.8 Å². The Labute approximate surface area is 143 Å². The molecule has 0 bridgehead atoms. The second-order valence-electron chi connectivity index (χ2n) is 5.73. The van der Waals surface area contributed by atoms with E-state index in [1.54, 1.807) is 12.1 Å². The molecule has 0 N–H and O–H groups in total. The molecule has 0 saturated carbocycles. The van der Waals surface area contributed by atoms with Crippen LogP contribution in [0.15, 0.2) is 24.3 Å². The first-order valence-electron chi connectivity index (χ1n) is 7.55. The molecule has 0 spiro atoms. The van der Waals surface area contributed by atoms with Crippen LogP contribution >= 0.6 is 23.4 Å². The van der Waals surface area contributed by atoms with Gasteiger partial charge in [-0.25, -0.2) is 0 Å². The molecule has 3 rings (SSSR count). The van der Waals surface area contributed by atoms with Crippen LogP contribution in [0, 0.1) is 0 Å². The monoisotopic (exact) mass is 352 g/mol. The maximum absolute atomic E-state index is 12.4. The van der Waals surface area contributed by atoms with Gasteiger partial charge in [0.05, 0.1) is 12.2 Å². The van der Waals surface area contributed by atoms with Crippen LogP contribution in [-0.2, 0) is 16.0 Å². The molecule has 0 aliphatic carbocycles. The molecule has 23 heavy (non-hydrogen) atoms. The first-order valence-corrected chi connectivity index (χ1v) is 8.92. The number of carbonyl (C=O) groups excluding carboxylic acids is 3. The third kappa shape index (κ3) is 3.70. The summed E-state index contributed by atoms with van der Waals surface area (Å²) in [5.74, 6) is 0.208. The molecule has 2 heterocycles. The Hall–Kier alpha value is -1.53. The number of piperidine rings is 1. The topological polar surface area (TPSA) is 57.7 Å². The Morgan fingerprint density at radius 3 is 2.39 bits per heavy atom. The van der Waals surface area contributed by atoms with Gasteiger partial charge in [-0.3, -0.25) is 19.3 Å². The zero-order valence-corrected chi connectivity index (χ0v) is 14.1. The number of rotatable bonds is 3. The number of amides is 3. The Morgan fingerprint density at radius 2 is 1.83 bits per heavy atom. The number of likely N-dealkylation sites (tertiary alicyclic amines) is 1. The number of thioether (sulfide) groups is 1. The summed E-state index contributed by atoms with van der Waals surface area (Å²) in [4.78, 5) is 39.0. The van der Waals surface area contributed by atoms with Crippen molar-refractivity contribution in [2.24, 2.45) is 0 Å². The number of hydrogen-bond donors (Lipinski definition) is 0. The fourth-order valence-corrected chi connectivity index (χ4v) is 3.88. The lowest BCUT2D eigenvalue weighted by molar-refractivity contribution is -0.132. The first-order chi connectivity index (χ1) is 11.0. The summed E-state index contributed by atoms with van der Waals surface area (Å²) >= 11 is 6.91. The molecule has 3 amide bonds. The van der Waals surface area contributed by atoms with E-state index in [0.29, 0.717) is 37.4 Å². The smallest absolute Gasteiger partial charge is 0.289 e. The van der Waals surface area contributed by atoms with Gasteiger partial charge in [0.1, 0.15) is 0 Å². The van der Waals surface area contributed by atoms with E-state index in [9.17, 15) is 14.4 Å². The summed E-state index contributed by atoms with van der Waals surface area (Å²) in [7, 11) is 0. The summed E-state index contributed by atoms with van der Waals surface area (Å²) in [6.45, 7) is 1.16. The highest BCUT2D eigenvalue weighted by atomic mass is 35.5. The molecule has 2 fully saturated rings. The van der Waals surface area contributed by atoms with E-state index in [1.165, 1.54) is 4.90 Å². The van der Waals surface area contributed by atoms with Crippen LogP contribution in [0.3, 0.4) is 0 Å². The lowest BCUT2D eigenvalue weighted by Gasteiger charge is -2.35. The predicted molar refractivity (Wildman–Crippen MR) is 89.5 cm³/mol. The third-order valence-electron chi connectivity index (χ3n) is 4.24. The zero-order chi connectivity index (χ0) is 16.4. The van der Waals surface area contributed by atoms with Crippen LogP contribution in [0.25, 0.3) is 0 Å². The van der Waals surface area contributed by atoms with Gasteiger partial charge < -0.3 is 4.90 Å². The Kier molecular flexibility index (Phi) is 4.92. The van der Waals surface area contributed by atoms with E-state index in [0.717, 1.165) is 17.3 Å². The molecule has 0 unspecified atom stereocenters. The fraction of sp³-hybridized carbons (Fsp3) is 0.438. The highest BCUT2D eigenvalue weighted by Crippen LogP contribution is 2.26. The van der Waals surface area contributed by atoms with Crippen molar-refractivity contribution in [1.29, 1.82) is 0 Å². The largest absolute Gasteiger partial charge is 0.342 e. The van der Waals surface area contributed by atoms with Crippen molar-refractivity contribution >= 4 is 40.4 Å². The molecule has 5 nitrogen and oxygen atoms in total. The molecule has 1 aromatic carbocycles. The molecule has 0 aromatic heterocycles. The van der Waals surface area contributed by atoms with Gasteiger partial charge in [-0.1, -0.05) is 35.5 Å². The third-order valence-corrected chi connectivity index (χ3v) is 5.32. The molecular weight excluding hydrogens is 336 g/mol. The van der Waals surface area contributed by atoms with Gasteiger partial charge in [-0.2, -0.15) is 0 Å².